The Hall–Kier alpha value is -2.87. The van der Waals surface area contributed by atoms with Crippen molar-refractivity contribution in [1.29, 1.82) is 0 Å². The maximum absolute atomic E-state index is 12.2. The van der Waals surface area contributed by atoms with Crippen molar-refractivity contribution in [3.63, 3.8) is 0 Å². The van der Waals surface area contributed by atoms with Crippen molar-refractivity contribution >= 4 is 56.5 Å². The number of carboxylic acids is 1. The van der Waals surface area contributed by atoms with Crippen molar-refractivity contribution in [2.45, 2.75) is 25.3 Å². The summed E-state index contributed by atoms with van der Waals surface area (Å²) in [5.41, 5.74) is 2.70. The van der Waals surface area contributed by atoms with Crippen molar-refractivity contribution in [2.24, 2.45) is 0 Å². The van der Waals surface area contributed by atoms with Crippen LogP contribution in [0.3, 0.4) is 0 Å². The molecule has 0 radical (unpaired) electrons. The molecule has 160 valence electrons. The van der Waals surface area contributed by atoms with Crippen molar-refractivity contribution in [3.8, 4) is 0 Å². The third-order valence-electron chi connectivity index (χ3n) is 5.21. The summed E-state index contributed by atoms with van der Waals surface area (Å²) in [7, 11) is 0. The molecule has 2 N–H and O–H groups in total. The molecule has 1 heterocycles. The monoisotopic (exact) mass is 457 g/mol. The summed E-state index contributed by atoms with van der Waals surface area (Å²) >= 11 is 3.38. The molecule has 2 unspecified atom stereocenters. The van der Waals surface area contributed by atoms with Gasteiger partial charge >= 0.3 is 5.97 Å². The van der Waals surface area contributed by atoms with Crippen molar-refractivity contribution in [1.82, 2.24) is 0 Å². The maximum atomic E-state index is 12.2. The number of carboxylic acid groups (broad SMARTS) is 1. The Bertz CT molecular complexity index is 1250. The summed E-state index contributed by atoms with van der Waals surface area (Å²) in [5.74, 6) is -1.16. The van der Waals surface area contributed by atoms with Gasteiger partial charge < -0.3 is 9.52 Å². The lowest BCUT2D eigenvalue weighted by molar-refractivity contribution is -0.138. The first-order valence-electron chi connectivity index (χ1n) is 9.73. The number of nitrogens with zero attached hydrogens (tertiary/aromatic N) is 1. The Morgan fingerprint density at radius 1 is 1.03 bits per heavy atom. The highest BCUT2D eigenvalue weighted by Crippen LogP contribution is 2.33. The standard InChI is InChI=1S/C23H20ClNO5S/c24-16-10-8-15(9-11-16)4-3-6-20(23(26)27)25(31(28)29)17-12-13-22-19(14-17)18-5-1-2-7-21(18)30-22/h1-2,5,7-14,20H,3-4,6H2,(H,26,27)(H,28,29). The van der Waals surface area contributed by atoms with E-state index < -0.39 is 23.3 Å². The van der Waals surface area contributed by atoms with Crippen LogP contribution in [0.5, 0.6) is 0 Å². The normalized spacial score (nSPS) is 13.4. The SMILES string of the molecule is O=C(O)C(CCCc1ccc(Cl)cc1)N(c1ccc2oc3ccccc3c2c1)S(=O)O. The van der Waals surface area contributed by atoms with Gasteiger partial charge in [0.15, 0.2) is 0 Å². The number of rotatable bonds is 8. The van der Waals surface area contributed by atoms with Crippen LogP contribution in [0.25, 0.3) is 21.9 Å². The predicted molar refractivity (Wildman–Crippen MR) is 123 cm³/mol. The number of aliphatic carboxylic acids is 1. The lowest BCUT2D eigenvalue weighted by Gasteiger charge is -2.27. The summed E-state index contributed by atoms with van der Waals surface area (Å²) in [6.07, 6.45) is 1.37. The first kappa shape index (κ1) is 21.4. The highest BCUT2D eigenvalue weighted by atomic mass is 35.5. The van der Waals surface area contributed by atoms with E-state index >= 15 is 0 Å². The summed E-state index contributed by atoms with van der Waals surface area (Å²) in [6, 6.07) is 18.7. The Labute approximate surface area is 186 Å². The largest absolute Gasteiger partial charge is 0.480 e. The van der Waals surface area contributed by atoms with E-state index in [0.717, 1.165) is 20.6 Å². The van der Waals surface area contributed by atoms with Gasteiger partial charge in [-0.05, 0) is 61.2 Å². The fourth-order valence-electron chi connectivity index (χ4n) is 3.72. The molecule has 1 aromatic heterocycles. The van der Waals surface area contributed by atoms with Gasteiger partial charge in [0.2, 0.25) is 0 Å². The number of benzene rings is 3. The van der Waals surface area contributed by atoms with Crippen LogP contribution in [-0.2, 0) is 22.5 Å². The third-order valence-corrected chi connectivity index (χ3v) is 6.26. The number of carbonyl (C=O) groups is 1. The second kappa shape index (κ2) is 9.09. The Kier molecular flexibility index (Phi) is 6.27. The van der Waals surface area contributed by atoms with Gasteiger partial charge in [-0.15, -0.1) is 0 Å². The quantitative estimate of drug-likeness (QED) is 0.333. The van der Waals surface area contributed by atoms with E-state index in [0.29, 0.717) is 34.7 Å². The van der Waals surface area contributed by atoms with E-state index in [1.54, 1.807) is 30.3 Å². The van der Waals surface area contributed by atoms with E-state index in [1.165, 1.54) is 0 Å². The number of hydrogen-bond acceptors (Lipinski definition) is 3. The van der Waals surface area contributed by atoms with Gasteiger partial charge in [0, 0.05) is 15.8 Å². The maximum Gasteiger partial charge on any atom is 0.327 e. The highest BCUT2D eigenvalue weighted by Gasteiger charge is 2.30. The van der Waals surface area contributed by atoms with E-state index in [9.17, 15) is 18.7 Å². The molecule has 0 saturated heterocycles. The number of furan rings is 1. The van der Waals surface area contributed by atoms with E-state index in [-0.39, 0.29) is 6.42 Å². The van der Waals surface area contributed by atoms with Gasteiger partial charge in [0.05, 0.1) is 5.69 Å². The van der Waals surface area contributed by atoms with Crippen molar-refractivity contribution in [3.05, 3.63) is 77.3 Å². The molecule has 0 aliphatic rings. The van der Waals surface area contributed by atoms with Crippen LogP contribution in [-0.4, -0.2) is 25.9 Å². The molecule has 0 aliphatic carbocycles. The van der Waals surface area contributed by atoms with Crippen LogP contribution in [0, 0.1) is 0 Å². The molecule has 0 saturated carbocycles. The first-order chi connectivity index (χ1) is 14.9. The molecular formula is C23H20ClNO5S. The van der Waals surface area contributed by atoms with Gasteiger partial charge in [0.1, 0.15) is 17.2 Å². The summed E-state index contributed by atoms with van der Waals surface area (Å²) in [5, 5.41) is 12.1. The second-order valence-corrected chi connectivity index (χ2v) is 8.50. The minimum absolute atomic E-state index is 0.203. The van der Waals surface area contributed by atoms with Gasteiger partial charge in [-0.25, -0.2) is 9.00 Å². The Morgan fingerprint density at radius 3 is 2.45 bits per heavy atom. The van der Waals surface area contributed by atoms with Gasteiger partial charge in [0.25, 0.3) is 11.3 Å². The van der Waals surface area contributed by atoms with E-state index in [4.69, 9.17) is 16.0 Å². The average molecular weight is 458 g/mol. The second-order valence-electron chi connectivity index (χ2n) is 7.21. The third kappa shape index (κ3) is 4.58. The summed E-state index contributed by atoms with van der Waals surface area (Å²) in [4.78, 5) is 12.0. The minimum Gasteiger partial charge on any atom is -0.480 e. The molecule has 31 heavy (non-hydrogen) atoms. The number of halogens is 1. The summed E-state index contributed by atoms with van der Waals surface area (Å²) < 4.78 is 29.0. The zero-order valence-electron chi connectivity index (χ0n) is 16.4. The Balaban J connectivity index is 1.61. The molecule has 0 amide bonds. The Morgan fingerprint density at radius 2 is 1.74 bits per heavy atom. The zero-order valence-corrected chi connectivity index (χ0v) is 18.0. The van der Waals surface area contributed by atoms with Crippen molar-refractivity contribution < 1.29 is 23.1 Å². The number of anilines is 1. The van der Waals surface area contributed by atoms with E-state index in [2.05, 4.69) is 0 Å². The molecule has 0 spiro atoms. The lowest BCUT2D eigenvalue weighted by Crippen LogP contribution is -2.42. The summed E-state index contributed by atoms with van der Waals surface area (Å²) in [6.45, 7) is 0. The first-order valence-corrected chi connectivity index (χ1v) is 11.2. The average Bonchev–Trinajstić information content (AvgIpc) is 3.12. The van der Waals surface area contributed by atoms with Crippen LogP contribution in [0.1, 0.15) is 18.4 Å². The fourth-order valence-corrected chi connectivity index (χ4v) is 4.55. The van der Waals surface area contributed by atoms with Gasteiger partial charge in [-0.3, -0.25) is 8.86 Å². The number of aryl methyl sites for hydroxylation is 1. The topological polar surface area (TPSA) is 91.0 Å². The van der Waals surface area contributed by atoms with Crippen LogP contribution in [0.15, 0.2) is 71.1 Å². The molecule has 6 nitrogen and oxygen atoms in total. The van der Waals surface area contributed by atoms with Crippen molar-refractivity contribution in [2.75, 3.05) is 4.31 Å². The molecule has 4 rings (SSSR count). The zero-order chi connectivity index (χ0) is 22.0. The molecule has 0 aliphatic heterocycles. The molecular weight excluding hydrogens is 438 g/mol. The molecule has 2 atom stereocenters. The van der Waals surface area contributed by atoms with Crippen LogP contribution < -0.4 is 4.31 Å². The van der Waals surface area contributed by atoms with Gasteiger partial charge in [-0.2, -0.15) is 0 Å². The predicted octanol–water partition coefficient (Wildman–Crippen LogP) is 5.66. The highest BCUT2D eigenvalue weighted by molar-refractivity contribution is 7.80. The lowest BCUT2D eigenvalue weighted by atomic mass is 10.0. The van der Waals surface area contributed by atoms with Crippen LogP contribution >= 0.6 is 11.6 Å². The minimum atomic E-state index is -2.52. The number of fused-ring (bicyclic) bond motifs is 3. The number of para-hydroxylation sites is 1. The molecule has 4 aromatic rings. The van der Waals surface area contributed by atoms with Gasteiger partial charge in [-0.1, -0.05) is 41.9 Å². The fraction of sp³-hybridized carbons (Fsp3) is 0.174. The van der Waals surface area contributed by atoms with Crippen LogP contribution in [0.4, 0.5) is 5.69 Å². The molecule has 8 heteroatoms. The molecule has 0 fully saturated rings. The smallest absolute Gasteiger partial charge is 0.327 e. The number of hydrogen-bond donors (Lipinski definition) is 2. The van der Waals surface area contributed by atoms with Crippen LogP contribution in [0.2, 0.25) is 5.02 Å². The molecule has 3 aromatic carbocycles. The van der Waals surface area contributed by atoms with E-state index in [1.807, 2.05) is 36.4 Å². The molecule has 0 bridgehead atoms.